The SMILES string of the molecule is Cc1cc(C(=O)N(C)Cc2cccc(N)c2)c(C)o1. The Morgan fingerprint density at radius 1 is 1.32 bits per heavy atom. The summed E-state index contributed by atoms with van der Waals surface area (Å²) in [6.07, 6.45) is 0. The second-order valence-corrected chi connectivity index (χ2v) is 4.73. The first-order valence-corrected chi connectivity index (χ1v) is 6.14. The van der Waals surface area contributed by atoms with E-state index in [1.54, 1.807) is 24.9 Å². The molecule has 100 valence electrons. The number of anilines is 1. The number of nitrogens with zero attached hydrogens (tertiary/aromatic N) is 1. The summed E-state index contributed by atoms with van der Waals surface area (Å²) >= 11 is 0. The van der Waals surface area contributed by atoms with E-state index >= 15 is 0 Å². The third-order valence-corrected chi connectivity index (χ3v) is 2.99. The van der Waals surface area contributed by atoms with Crippen molar-refractivity contribution in [1.29, 1.82) is 0 Å². The van der Waals surface area contributed by atoms with E-state index in [1.807, 2.05) is 31.2 Å². The predicted molar refractivity (Wildman–Crippen MR) is 74.8 cm³/mol. The molecule has 1 aromatic heterocycles. The molecule has 0 atom stereocenters. The highest BCUT2D eigenvalue weighted by Gasteiger charge is 2.17. The number of carbonyl (C=O) groups excluding carboxylic acids is 1. The summed E-state index contributed by atoms with van der Waals surface area (Å²) < 4.78 is 5.39. The van der Waals surface area contributed by atoms with Gasteiger partial charge >= 0.3 is 0 Å². The van der Waals surface area contributed by atoms with Crippen LogP contribution in [0.3, 0.4) is 0 Å². The number of hydrogen-bond acceptors (Lipinski definition) is 3. The summed E-state index contributed by atoms with van der Waals surface area (Å²) in [5.74, 6) is 1.36. The molecular formula is C15H18N2O2. The van der Waals surface area contributed by atoms with Gasteiger partial charge < -0.3 is 15.1 Å². The predicted octanol–water partition coefficient (Wildman–Crippen LogP) is 2.75. The topological polar surface area (TPSA) is 59.5 Å². The molecule has 1 amide bonds. The van der Waals surface area contributed by atoms with E-state index in [2.05, 4.69) is 0 Å². The van der Waals surface area contributed by atoms with Gasteiger partial charge in [-0.2, -0.15) is 0 Å². The third-order valence-electron chi connectivity index (χ3n) is 2.99. The zero-order valence-corrected chi connectivity index (χ0v) is 11.4. The molecular weight excluding hydrogens is 240 g/mol. The van der Waals surface area contributed by atoms with Gasteiger partial charge in [-0.1, -0.05) is 12.1 Å². The van der Waals surface area contributed by atoms with Gasteiger partial charge in [-0.05, 0) is 37.6 Å². The molecule has 1 aromatic carbocycles. The van der Waals surface area contributed by atoms with Crippen LogP contribution in [-0.4, -0.2) is 17.9 Å². The second kappa shape index (κ2) is 5.18. The van der Waals surface area contributed by atoms with Gasteiger partial charge in [0.05, 0.1) is 5.56 Å². The molecule has 0 saturated carbocycles. The van der Waals surface area contributed by atoms with Crippen LogP contribution in [0.25, 0.3) is 0 Å². The van der Waals surface area contributed by atoms with E-state index in [0.29, 0.717) is 23.6 Å². The Morgan fingerprint density at radius 2 is 2.05 bits per heavy atom. The molecule has 0 aliphatic carbocycles. The Hall–Kier alpha value is -2.23. The number of hydrogen-bond donors (Lipinski definition) is 1. The smallest absolute Gasteiger partial charge is 0.257 e. The van der Waals surface area contributed by atoms with Crippen molar-refractivity contribution in [2.75, 3.05) is 12.8 Å². The van der Waals surface area contributed by atoms with Crippen molar-refractivity contribution in [3.05, 3.63) is 53.0 Å². The standard InChI is InChI=1S/C15H18N2O2/c1-10-7-14(11(2)19-10)15(18)17(3)9-12-5-4-6-13(16)8-12/h4-8H,9,16H2,1-3H3. The van der Waals surface area contributed by atoms with Gasteiger partial charge in [0.2, 0.25) is 0 Å². The summed E-state index contributed by atoms with van der Waals surface area (Å²) in [4.78, 5) is 14.0. The van der Waals surface area contributed by atoms with Crippen LogP contribution in [0.15, 0.2) is 34.7 Å². The lowest BCUT2D eigenvalue weighted by Crippen LogP contribution is -2.26. The zero-order valence-electron chi connectivity index (χ0n) is 11.4. The number of carbonyl (C=O) groups is 1. The summed E-state index contributed by atoms with van der Waals surface area (Å²) in [6, 6.07) is 9.31. The van der Waals surface area contributed by atoms with Crippen molar-refractivity contribution in [2.45, 2.75) is 20.4 Å². The van der Waals surface area contributed by atoms with E-state index < -0.39 is 0 Å². The first-order valence-electron chi connectivity index (χ1n) is 6.14. The molecule has 4 nitrogen and oxygen atoms in total. The number of nitrogen functional groups attached to an aromatic ring is 1. The van der Waals surface area contributed by atoms with Crippen molar-refractivity contribution in [1.82, 2.24) is 4.90 Å². The molecule has 2 N–H and O–H groups in total. The van der Waals surface area contributed by atoms with E-state index in [4.69, 9.17) is 10.2 Å². The summed E-state index contributed by atoms with van der Waals surface area (Å²) in [5.41, 5.74) is 8.06. The maximum absolute atomic E-state index is 12.3. The quantitative estimate of drug-likeness (QED) is 0.861. The molecule has 19 heavy (non-hydrogen) atoms. The molecule has 0 radical (unpaired) electrons. The molecule has 0 spiro atoms. The van der Waals surface area contributed by atoms with Crippen LogP contribution >= 0.6 is 0 Å². The van der Waals surface area contributed by atoms with E-state index in [0.717, 1.165) is 11.3 Å². The van der Waals surface area contributed by atoms with Crippen molar-refractivity contribution >= 4 is 11.6 Å². The Bertz CT molecular complexity index is 602. The monoisotopic (exact) mass is 258 g/mol. The lowest BCUT2D eigenvalue weighted by molar-refractivity contribution is 0.0783. The number of benzene rings is 1. The van der Waals surface area contributed by atoms with Gasteiger partial charge in [-0.25, -0.2) is 0 Å². The van der Waals surface area contributed by atoms with E-state index in [-0.39, 0.29) is 5.91 Å². The van der Waals surface area contributed by atoms with Crippen molar-refractivity contribution < 1.29 is 9.21 Å². The molecule has 0 saturated heterocycles. The van der Waals surface area contributed by atoms with Crippen LogP contribution in [0, 0.1) is 13.8 Å². The fourth-order valence-corrected chi connectivity index (χ4v) is 2.09. The van der Waals surface area contributed by atoms with Gasteiger partial charge in [0, 0.05) is 19.3 Å². The molecule has 0 unspecified atom stereocenters. The van der Waals surface area contributed by atoms with Gasteiger partial charge in [-0.3, -0.25) is 4.79 Å². The summed E-state index contributed by atoms with van der Waals surface area (Å²) in [5, 5.41) is 0. The normalized spacial score (nSPS) is 10.5. The van der Waals surface area contributed by atoms with Crippen LogP contribution < -0.4 is 5.73 Å². The minimum Gasteiger partial charge on any atom is -0.466 e. The molecule has 2 rings (SSSR count). The van der Waals surface area contributed by atoms with Crippen LogP contribution in [-0.2, 0) is 6.54 Å². The number of furan rings is 1. The molecule has 0 aliphatic rings. The average Bonchev–Trinajstić information content (AvgIpc) is 2.67. The molecule has 0 bridgehead atoms. The Balaban J connectivity index is 2.14. The van der Waals surface area contributed by atoms with Gasteiger partial charge in [0.1, 0.15) is 11.5 Å². The van der Waals surface area contributed by atoms with E-state index in [9.17, 15) is 4.79 Å². The Morgan fingerprint density at radius 3 is 2.63 bits per heavy atom. The molecule has 4 heteroatoms. The summed E-state index contributed by atoms with van der Waals surface area (Å²) in [6.45, 7) is 4.16. The maximum atomic E-state index is 12.3. The largest absolute Gasteiger partial charge is 0.466 e. The second-order valence-electron chi connectivity index (χ2n) is 4.73. The zero-order chi connectivity index (χ0) is 14.0. The molecule has 2 aromatic rings. The van der Waals surface area contributed by atoms with E-state index in [1.165, 1.54) is 0 Å². The lowest BCUT2D eigenvalue weighted by Gasteiger charge is -2.17. The van der Waals surface area contributed by atoms with Gasteiger partial charge in [0.25, 0.3) is 5.91 Å². The van der Waals surface area contributed by atoms with Crippen LogP contribution in [0.5, 0.6) is 0 Å². The highest BCUT2D eigenvalue weighted by atomic mass is 16.3. The highest BCUT2D eigenvalue weighted by Crippen LogP contribution is 2.17. The Labute approximate surface area is 112 Å². The van der Waals surface area contributed by atoms with Gasteiger partial charge in [-0.15, -0.1) is 0 Å². The average molecular weight is 258 g/mol. The Kier molecular flexibility index (Phi) is 3.60. The van der Waals surface area contributed by atoms with Crippen LogP contribution in [0.2, 0.25) is 0 Å². The minimum absolute atomic E-state index is 0.0447. The summed E-state index contributed by atoms with van der Waals surface area (Å²) in [7, 11) is 1.77. The van der Waals surface area contributed by atoms with Crippen molar-refractivity contribution in [3.8, 4) is 0 Å². The molecule has 0 fully saturated rings. The molecule has 0 aliphatic heterocycles. The third kappa shape index (κ3) is 2.96. The number of aryl methyl sites for hydroxylation is 2. The number of rotatable bonds is 3. The number of nitrogens with two attached hydrogens (primary N) is 1. The fourth-order valence-electron chi connectivity index (χ4n) is 2.09. The first kappa shape index (κ1) is 13.2. The first-order chi connectivity index (χ1) is 8.97. The van der Waals surface area contributed by atoms with Crippen molar-refractivity contribution in [3.63, 3.8) is 0 Å². The highest BCUT2D eigenvalue weighted by molar-refractivity contribution is 5.95. The maximum Gasteiger partial charge on any atom is 0.257 e. The van der Waals surface area contributed by atoms with Crippen LogP contribution in [0.4, 0.5) is 5.69 Å². The van der Waals surface area contributed by atoms with Crippen molar-refractivity contribution in [2.24, 2.45) is 0 Å². The fraction of sp³-hybridized carbons (Fsp3) is 0.267. The minimum atomic E-state index is -0.0447. The van der Waals surface area contributed by atoms with Crippen LogP contribution in [0.1, 0.15) is 27.4 Å². The molecule has 1 heterocycles. The van der Waals surface area contributed by atoms with Gasteiger partial charge in [0.15, 0.2) is 0 Å². The lowest BCUT2D eigenvalue weighted by atomic mass is 10.1. The number of amides is 1.